The molecule has 0 fully saturated rings. The lowest BCUT2D eigenvalue weighted by atomic mass is 10.1. The average Bonchev–Trinajstić information content (AvgIpc) is 2.41. The van der Waals surface area contributed by atoms with E-state index < -0.39 is 5.97 Å². The molecule has 108 valence electrons. The number of carbonyl (C=O) groups excluding carboxylic acids is 1. The molecule has 0 atom stereocenters. The Morgan fingerprint density at radius 1 is 1.05 bits per heavy atom. The molecule has 7 heteroatoms. The van der Waals surface area contributed by atoms with Crippen LogP contribution in [0.2, 0.25) is 0 Å². The fraction of sp³-hybridized carbons (Fsp3) is 0. The third-order valence-electron chi connectivity index (χ3n) is 2.66. The number of amides is 1. The first-order chi connectivity index (χ1) is 9.86. The van der Waals surface area contributed by atoms with Gasteiger partial charge in [0.15, 0.2) is 0 Å². The van der Waals surface area contributed by atoms with Gasteiger partial charge in [-0.25, -0.2) is 4.79 Å². The van der Waals surface area contributed by atoms with Crippen molar-refractivity contribution in [1.82, 2.24) is 0 Å². The SMILES string of the molecule is Nc1cc(C(=O)Nc2cc(Br)cc(C(=O)O)c2)ccc1Br. The van der Waals surface area contributed by atoms with Crippen LogP contribution in [0.5, 0.6) is 0 Å². The summed E-state index contributed by atoms with van der Waals surface area (Å²) in [5.41, 5.74) is 7.02. The summed E-state index contributed by atoms with van der Waals surface area (Å²) < 4.78 is 1.27. The van der Waals surface area contributed by atoms with Gasteiger partial charge in [0.1, 0.15) is 0 Å². The van der Waals surface area contributed by atoms with Crippen LogP contribution in [-0.2, 0) is 0 Å². The van der Waals surface area contributed by atoms with Crippen LogP contribution >= 0.6 is 31.9 Å². The number of benzene rings is 2. The van der Waals surface area contributed by atoms with Gasteiger partial charge in [0.25, 0.3) is 5.91 Å². The maximum absolute atomic E-state index is 12.1. The highest BCUT2D eigenvalue weighted by Gasteiger charge is 2.11. The van der Waals surface area contributed by atoms with E-state index in [1.54, 1.807) is 18.2 Å². The van der Waals surface area contributed by atoms with Gasteiger partial charge in [0, 0.05) is 25.9 Å². The molecule has 21 heavy (non-hydrogen) atoms. The summed E-state index contributed by atoms with van der Waals surface area (Å²) in [6.45, 7) is 0. The summed E-state index contributed by atoms with van der Waals surface area (Å²) in [6.07, 6.45) is 0. The Labute approximate surface area is 137 Å². The number of carboxylic acid groups (broad SMARTS) is 1. The number of hydrogen-bond acceptors (Lipinski definition) is 3. The van der Waals surface area contributed by atoms with Gasteiger partial charge in [-0.2, -0.15) is 0 Å². The van der Waals surface area contributed by atoms with Crippen LogP contribution in [0.25, 0.3) is 0 Å². The van der Waals surface area contributed by atoms with Crippen LogP contribution in [0.15, 0.2) is 45.3 Å². The van der Waals surface area contributed by atoms with Crippen LogP contribution < -0.4 is 11.1 Å². The highest BCUT2D eigenvalue weighted by atomic mass is 79.9. The van der Waals surface area contributed by atoms with Crippen LogP contribution in [0, 0.1) is 0 Å². The minimum absolute atomic E-state index is 0.0787. The molecule has 0 spiro atoms. The lowest BCUT2D eigenvalue weighted by Gasteiger charge is -2.08. The first kappa shape index (κ1) is 15.5. The number of aromatic carboxylic acids is 1. The van der Waals surface area contributed by atoms with E-state index in [0.29, 0.717) is 25.9 Å². The van der Waals surface area contributed by atoms with E-state index in [2.05, 4.69) is 37.2 Å². The van der Waals surface area contributed by atoms with Crippen LogP contribution in [0.1, 0.15) is 20.7 Å². The smallest absolute Gasteiger partial charge is 0.335 e. The van der Waals surface area contributed by atoms with Gasteiger partial charge in [-0.05, 0) is 52.3 Å². The number of nitrogens with one attached hydrogen (secondary N) is 1. The first-order valence-corrected chi connectivity index (χ1v) is 7.35. The predicted molar refractivity (Wildman–Crippen MR) is 87.6 cm³/mol. The van der Waals surface area contributed by atoms with Crippen molar-refractivity contribution in [3.63, 3.8) is 0 Å². The predicted octanol–water partition coefficient (Wildman–Crippen LogP) is 3.74. The third-order valence-corrected chi connectivity index (χ3v) is 3.84. The van der Waals surface area contributed by atoms with Gasteiger partial charge in [-0.1, -0.05) is 15.9 Å². The molecule has 0 bridgehead atoms. The molecule has 0 radical (unpaired) electrons. The fourth-order valence-electron chi connectivity index (χ4n) is 1.67. The fourth-order valence-corrected chi connectivity index (χ4v) is 2.41. The highest BCUT2D eigenvalue weighted by Crippen LogP contribution is 2.23. The first-order valence-electron chi connectivity index (χ1n) is 5.77. The Bertz CT molecular complexity index is 732. The molecule has 0 aliphatic rings. The molecular formula is C14H10Br2N2O3. The Morgan fingerprint density at radius 2 is 1.76 bits per heavy atom. The second-order valence-corrected chi connectivity index (χ2v) is 5.99. The molecule has 0 unspecified atom stereocenters. The molecular weight excluding hydrogens is 404 g/mol. The largest absolute Gasteiger partial charge is 0.478 e. The summed E-state index contributed by atoms with van der Waals surface area (Å²) >= 11 is 6.46. The lowest BCUT2D eigenvalue weighted by Crippen LogP contribution is -2.13. The van der Waals surface area contributed by atoms with Gasteiger partial charge in [-0.15, -0.1) is 0 Å². The lowest BCUT2D eigenvalue weighted by molar-refractivity contribution is 0.0696. The van der Waals surface area contributed by atoms with Gasteiger partial charge >= 0.3 is 5.97 Å². The summed E-state index contributed by atoms with van der Waals surface area (Å²) in [4.78, 5) is 23.1. The Balaban J connectivity index is 2.27. The Hall–Kier alpha value is -1.86. The molecule has 2 aromatic rings. The summed E-state index contributed by atoms with van der Waals surface area (Å²) in [5, 5.41) is 11.6. The second-order valence-electron chi connectivity index (χ2n) is 4.22. The summed E-state index contributed by atoms with van der Waals surface area (Å²) in [5.74, 6) is -1.44. The van der Waals surface area contributed by atoms with E-state index >= 15 is 0 Å². The molecule has 0 aliphatic heterocycles. The minimum atomic E-state index is -1.07. The van der Waals surface area contributed by atoms with E-state index in [-0.39, 0.29) is 11.5 Å². The van der Waals surface area contributed by atoms with Gasteiger partial charge in [-0.3, -0.25) is 4.79 Å². The summed E-state index contributed by atoms with van der Waals surface area (Å²) in [7, 11) is 0. The number of halogens is 2. The minimum Gasteiger partial charge on any atom is -0.478 e. The molecule has 4 N–H and O–H groups in total. The second kappa shape index (κ2) is 6.28. The molecule has 0 saturated carbocycles. The number of carboxylic acids is 1. The quantitative estimate of drug-likeness (QED) is 0.668. The normalized spacial score (nSPS) is 10.2. The molecule has 0 saturated heterocycles. The van der Waals surface area contributed by atoms with Crippen molar-refractivity contribution in [2.24, 2.45) is 0 Å². The van der Waals surface area contributed by atoms with E-state index in [4.69, 9.17) is 10.8 Å². The Kier molecular flexibility index (Phi) is 4.64. The van der Waals surface area contributed by atoms with Crippen LogP contribution in [0.3, 0.4) is 0 Å². The number of nitrogens with two attached hydrogens (primary N) is 1. The standard InChI is InChI=1S/C14H10Br2N2O3/c15-9-3-8(14(20)21)4-10(6-9)18-13(19)7-1-2-11(16)12(17)5-7/h1-6H,17H2,(H,18,19)(H,20,21). The maximum atomic E-state index is 12.1. The van der Waals surface area contributed by atoms with Crippen LogP contribution in [-0.4, -0.2) is 17.0 Å². The van der Waals surface area contributed by atoms with Crippen molar-refractivity contribution >= 4 is 55.1 Å². The third kappa shape index (κ3) is 3.83. The molecule has 1 amide bonds. The number of anilines is 2. The van der Waals surface area contributed by atoms with Crippen molar-refractivity contribution < 1.29 is 14.7 Å². The molecule has 2 aromatic carbocycles. The molecule has 0 aromatic heterocycles. The highest BCUT2D eigenvalue weighted by molar-refractivity contribution is 9.10. The number of nitrogen functional groups attached to an aromatic ring is 1. The van der Waals surface area contributed by atoms with Crippen LogP contribution in [0.4, 0.5) is 11.4 Å². The summed E-state index contributed by atoms with van der Waals surface area (Å²) in [6, 6.07) is 9.28. The Morgan fingerprint density at radius 3 is 2.38 bits per heavy atom. The molecule has 0 heterocycles. The zero-order chi connectivity index (χ0) is 15.6. The monoisotopic (exact) mass is 412 g/mol. The molecule has 0 aliphatic carbocycles. The van der Waals surface area contributed by atoms with Gasteiger partial charge in [0.05, 0.1) is 5.56 Å². The zero-order valence-electron chi connectivity index (χ0n) is 10.6. The number of carbonyl (C=O) groups is 2. The van der Waals surface area contributed by atoms with Gasteiger partial charge in [0.2, 0.25) is 0 Å². The maximum Gasteiger partial charge on any atom is 0.335 e. The topological polar surface area (TPSA) is 92.4 Å². The van der Waals surface area contributed by atoms with E-state index in [9.17, 15) is 9.59 Å². The zero-order valence-corrected chi connectivity index (χ0v) is 13.7. The van der Waals surface area contributed by atoms with Crippen molar-refractivity contribution in [1.29, 1.82) is 0 Å². The molecule has 5 nitrogen and oxygen atoms in total. The number of rotatable bonds is 3. The average molecular weight is 414 g/mol. The number of hydrogen-bond donors (Lipinski definition) is 3. The molecule has 2 rings (SSSR count). The van der Waals surface area contributed by atoms with Crippen molar-refractivity contribution in [2.75, 3.05) is 11.1 Å². The van der Waals surface area contributed by atoms with Crippen molar-refractivity contribution in [3.8, 4) is 0 Å². The van der Waals surface area contributed by atoms with Crippen molar-refractivity contribution in [2.45, 2.75) is 0 Å². The van der Waals surface area contributed by atoms with E-state index in [1.807, 2.05) is 0 Å². The van der Waals surface area contributed by atoms with Gasteiger partial charge < -0.3 is 16.2 Å². The van der Waals surface area contributed by atoms with Crippen molar-refractivity contribution in [3.05, 3.63) is 56.5 Å². The van der Waals surface area contributed by atoms with E-state index in [1.165, 1.54) is 18.2 Å². The van der Waals surface area contributed by atoms with E-state index in [0.717, 1.165) is 0 Å².